The van der Waals surface area contributed by atoms with Gasteiger partial charge in [-0.3, -0.25) is 4.90 Å². The molecule has 4 nitrogen and oxygen atoms in total. The largest absolute Gasteiger partial charge is 0.338 e. The summed E-state index contributed by atoms with van der Waals surface area (Å²) >= 11 is 0. The summed E-state index contributed by atoms with van der Waals surface area (Å²) in [5.41, 5.74) is 0. The van der Waals surface area contributed by atoms with Crippen LogP contribution in [-0.2, 0) is 13.0 Å². The van der Waals surface area contributed by atoms with Crippen molar-refractivity contribution < 1.29 is 4.52 Å². The molecular formula is C14H25N3O. The molecule has 0 aromatic carbocycles. The first-order chi connectivity index (χ1) is 8.79. The number of aromatic nitrogens is 2. The molecule has 4 heteroatoms. The first kappa shape index (κ1) is 13.5. The van der Waals surface area contributed by atoms with Crippen LogP contribution in [0.15, 0.2) is 4.52 Å². The molecule has 0 aliphatic heterocycles. The number of aryl methyl sites for hydroxylation is 1. The van der Waals surface area contributed by atoms with Crippen LogP contribution in [0.25, 0.3) is 0 Å². The molecule has 0 N–H and O–H groups in total. The van der Waals surface area contributed by atoms with Gasteiger partial charge in [-0.2, -0.15) is 4.98 Å². The Balaban J connectivity index is 1.86. The van der Waals surface area contributed by atoms with Crippen molar-refractivity contribution in [1.29, 1.82) is 0 Å². The van der Waals surface area contributed by atoms with Gasteiger partial charge in [0.2, 0.25) is 5.89 Å². The highest BCUT2D eigenvalue weighted by molar-refractivity contribution is 4.87. The van der Waals surface area contributed by atoms with Gasteiger partial charge in [-0.25, -0.2) is 0 Å². The molecule has 18 heavy (non-hydrogen) atoms. The van der Waals surface area contributed by atoms with E-state index in [-0.39, 0.29) is 0 Å². The van der Waals surface area contributed by atoms with Crippen LogP contribution in [0.2, 0.25) is 0 Å². The zero-order valence-electron chi connectivity index (χ0n) is 11.7. The third-order valence-electron chi connectivity index (χ3n) is 3.82. The van der Waals surface area contributed by atoms with Crippen molar-refractivity contribution in [3.05, 3.63) is 11.7 Å². The molecule has 1 aliphatic rings. The average Bonchev–Trinajstić information content (AvgIpc) is 2.65. The van der Waals surface area contributed by atoms with E-state index in [4.69, 9.17) is 4.52 Å². The molecule has 1 saturated carbocycles. The fraction of sp³-hybridized carbons (Fsp3) is 0.857. The molecule has 1 fully saturated rings. The van der Waals surface area contributed by atoms with Crippen molar-refractivity contribution >= 4 is 0 Å². The first-order valence-electron chi connectivity index (χ1n) is 7.31. The van der Waals surface area contributed by atoms with Crippen LogP contribution in [0.5, 0.6) is 0 Å². The van der Waals surface area contributed by atoms with Crippen LogP contribution >= 0.6 is 0 Å². The maximum absolute atomic E-state index is 5.31. The maximum atomic E-state index is 5.31. The second-order valence-electron chi connectivity index (χ2n) is 5.41. The first-order valence-corrected chi connectivity index (χ1v) is 7.31. The molecule has 1 aliphatic carbocycles. The monoisotopic (exact) mass is 251 g/mol. The Morgan fingerprint density at radius 1 is 1.22 bits per heavy atom. The van der Waals surface area contributed by atoms with Crippen molar-refractivity contribution in [2.24, 2.45) is 0 Å². The molecule has 2 rings (SSSR count). The Kier molecular flexibility index (Phi) is 5.17. The average molecular weight is 251 g/mol. The van der Waals surface area contributed by atoms with E-state index in [9.17, 15) is 0 Å². The number of rotatable bonds is 5. The maximum Gasteiger partial charge on any atom is 0.240 e. The fourth-order valence-electron chi connectivity index (χ4n) is 2.72. The SMILES string of the molecule is CCCc1noc(CN(C)C2CCCCCC2)n1. The second-order valence-corrected chi connectivity index (χ2v) is 5.41. The van der Waals surface area contributed by atoms with Crippen LogP contribution in [0.4, 0.5) is 0 Å². The zero-order chi connectivity index (χ0) is 12.8. The normalized spacial score (nSPS) is 18.2. The van der Waals surface area contributed by atoms with Crippen LogP contribution < -0.4 is 0 Å². The molecule has 1 aromatic heterocycles. The van der Waals surface area contributed by atoms with Crippen molar-refractivity contribution in [1.82, 2.24) is 15.0 Å². The highest BCUT2D eigenvalue weighted by atomic mass is 16.5. The van der Waals surface area contributed by atoms with Gasteiger partial charge in [0.1, 0.15) is 0 Å². The van der Waals surface area contributed by atoms with Crippen LogP contribution in [0.1, 0.15) is 63.6 Å². The predicted octanol–water partition coefficient (Wildman–Crippen LogP) is 3.18. The zero-order valence-corrected chi connectivity index (χ0v) is 11.7. The molecule has 0 amide bonds. The standard InChI is InChI=1S/C14H25N3O/c1-3-8-13-15-14(18-16-13)11-17(2)12-9-6-4-5-7-10-12/h12H,3-11H2,1-2H3. The topological polar surface area (TPSA) is 42.2 Å². The minimum absolute atomic E-state index is 0.689. The Bertz CT molecular complexity index is 343. The van der Waals surface area contributed by atoms with E-state index in [1.165, 1.54) is 38.5 Å². The van der Waals surface area contributed by atoms with Crippen molar-refractivity contribution in [2.45, 2.75) is 70.9 Å². The van der Waals surface area contributed by atoms with Crippen molar-refractivity contribution in [2.75, 3.05) is 7.05 Å². The van der Waals surface area contributed by atoms with E-state index >= 15 is 0 Å². The summed E-state index contributed by atoms with van der Waals surface area (Å²) in [4.78, 5) is 6.82. The van der Waals surface area contributed by atoms with Gasteiger partial charge in [-0.15, -0.1) is 0 Å². The predicted molar refractivity (Wildman–Crippen MR) is 71.3 cm³/mol. The van der Waals surface area contributed by atoms with Gasteiger partial charge in [0.15, 0.2) is 5.82 Å². The lowest BCUT2D eigenvalue weighted by Crippen LogP contribution is -2.30. The van der Waals surface area contributed by atoms with E-state index in [2.05, 4.69) is 29.0 Å². The van der Waals surface area contributed by atoms with E-state index in [0.717, 1.165) is 31.1 Å². The molecule has 102 valence electrons. The lowest BCUT2D eigenvalue weighted by atomic mass is 10.1. The van der Waals surface area contributed by atoms with Gasteiger partial charge in [0.25, 0.3) is 0 Å². The Labute approximate surface area is 110 Å². The number of hydrogen-bond donors (Lipinski definition) is 0. The minimum Gasteiger partial charge on any atom is -0.338 e. The Hall–Kier alpha value is -0.900. The smallest absolute Gasteiger partial charge is 0.240 e. The summed E-state index contributed by atoms with van der Waals surface area (Å²) in [6, 6.07) is 0.689. The van der Waals surface area contributed by atoms with Gasteiger partial charge in [0.05, 0.1) is 6.54 Å². The third kappa shape index (κ3) is 3.80. The van der Waals surface area contributed by atoms with E-state index in [1.54, 1.807) is 0 Å². The number of hydrogen-bond acceptors (Lipinski definition) is 4. The van der Waals surface area contributed by atoms with Crippen LogP contribution in [0.3, 0.4) is 0 Å². The minimum atomic E-state index is 0.689. The molecule has 1 heterocycles. The summed E-state index contributed by atoms with van der Waals surface area (Å²) in [5.74, 6) is 1.62. The number of nitrogens with zero attached hydrogens (tertiary/aromatic N) is 3. The Morgan fingerprint density at radius 2 is 1.94 bits per heavy atom. The molecule has 0 radical (unpaired) electrons. The van der Waals surface area contributed by atoms with Gasteiger partial charge in [-0.05, 0) is 26.3 Å². The highest BCUT2D eigenvalue weighted by Crippen LogP contribution is 2.22. The Morgan fingerprint density at radius 3 is 2.61 bits per heavy atom. The molecular weight excluding hydrogens is 226 g/mol. The van der Waals surface area contributed by atoms with Gasteiger partial charge < -0.3 is 4.52 Å². The van der Waals surface area contributed by atoms with E-state index in [1.807, 2.05) is 0 Å². The molecule has 0 spiro atoms. The summed E-state index contributed by atoms with van der Waals surface area (Å²) < 4.78 is 5.31. The van der Waals surface area contributed by atoms with Gasteiger partial charge >= 0.3 is 0 Å². The van der Waals surface area contributed by atoms with E-state index < -0.39 is 0 Å². The quantitative estimate of drug-likeness (QED) is 0.754. The van der Waals surface area contributed by atoms with Crippen LogP contribution in [0, 0.1) is 0 Å². The van der Waals surface area contributed by atoms with E-state index in [0.29, 0.717) is 6.04 Å². The summed E-state index contributed by atoms with van der Waals surface area (Å²) in [5, 5.41) is 4.01. The molecule has 1 aromatic rings. The second kappa shape index (κ2) is 6.88. The van der Waals surface area contributed by atoms with Crippen LogP contribution in [-0.4, -0.2) is 28.1 Å². The lowest BCUT2D eigenvalue weighted by molar-refractivity contribution is 0.187. The van der Waals surface area contributed by atoms with Crippen molar-refractivity contribution in [3.63, 3.8) is 0 Å². The highest BCUT2D eigenvalue weighted by Gasteiger charge is 2.19. The summed E-state index contributed by atoms with van der Waals surface area (Å²) in [6.07, 6.45) is 10.1. The van der Waals surface area contributed by atoms with Gasteiger partial charge in [0, 0.05) is 12.5 Å². The fourth-order valence-corrected chi connectivity index (χ4v) is 2.72. The van der Waals surface area contributed by atoms with Gasteiger partial charge in [-0.1, -0.05) is 37.8 Å². The summed E-state index contributed by atoms with van der Waals surface area (Å²) in [7, 11) is 2.18. The lowest BCUT2D eigenvalue weighted by Gasteiger charge is -2.25. The summed E-state index contributed by atoms with van der Waals surface area (Å²) in [6.45, 7) is 2.93. The molecule has 0 unspecified atom stereocenters. The molecule has 0 saturated heterocycles. The third-order valence-corrected chi connectivity index (χ3v) is 3.82. The molecule has 0 bridgehead atoms. The van der Waals surface area contributed by atoms with Crippen molar-refractivity contribution in [3.8, 4) is 0 Å². The molecule has 0 atom stereocenters.